The van der Waals surface area contributed by atoms with Crippen molar-refractivity contribution in [3.8, 4) is 0 Å². The van der Waals surface area contributed by atoms with Crippen molar-refractivity contribution >= 4 is 29.2 Å². The molecule has 104 valence electrons. The van der Waals surface area contributed by atoms with Crippen LogP contribution in [0.3, 0.4) is 0 Å². The Balaban J connectivity index is 2.69. The van der Waals surface area contributed by atoms with Gasteiger partial charge in [-0.1, -0.05) is 11.6 Å². The van der Waals surface area contributed by atoms with Gasteiger partial charge in [0.2, 0.25) is 5.91 Å². The van der Waals surface area contributed by atoms with Crippen LogP contribution in [0.2, 0.25) is 5.02 Å². The van der Waals surface area contributed by atoms with Gasteiger partial charge < -0.3 is 15.2 Å². The predicted molar refractivity (Wildman–Crippen MR) is 72.4 cm³/mol. The minimum Gasteiger partial charge on any atom is -0.465 e. The summed E-state index contributed by atoms with van der Waals surface area (Å²) in [7, 11) is 1.26. The Morgan fingerprint density at radius 2 is 2.11 bits per heavy atom. The Kier molecular flexibility index (Phi) is 6.32. The van der Waals surface area contributed by atoms with Gasteiger partial charge in [-0.3, -0.25) is 4.79 Å². The molecule has 0 atom stereocenters. The zero-order valence-corrected chi connectivity index (χ0v) is 11.4. The van der Waals surface area contributed by atoms with Crippen molar-refractivity contribution in [1.82, 2.24) is 0 Å². The second kappa shape index (κ2) is 7.76. The van der Waals surface area contributed by atoms with Gasteiger partial charge in [-0.2, -0.15) is 0 Å². The van der Waals surface area contributed by atoms with E-state index in [-0.39, 0.29) is 23.1 Å². The Morgan fingerprint density at radius 3 is 2.74 bits per heavy atom. The molecule has 1 aromatic rings. The highest BCUT2D eigenvalue weighted by Gasteiger charge is 2.12. The number of aliphatic hydroxyl groups excluding tert-OH is 1. The minimum atomic E-state index is -0.554. The fourth-order valence-electron chi connectivity index (χ4n) is 1.49. The van der Waals surface area contributed by atoms with Crippen LogP contribution >= 0.6 is 11.6 Å². The van der Waals surface area contributed by atoms with Crippen LogP contribution in [0.25, 0.3) is 0 Å². The predicted octanol–water partition coefficient (Wildman–Crippen LogP) is 2.23. The number of hydrogen-bond acceptors (Lipinski definition) is 4. The van der Waals surface area contributed by atoms with Gasteiger partial charge in [0, 0.05) is 18.7 Å². The number of rotatable bonds is 6. The third-order valence-electron chi connectivity index (χ3n) is 2.47. The first-order valence-corrected chi connectivity index (χ1v) is 6.25. The van der Waals surface area contributed by atoms with Gasteiger partial charge in [-0.15, -0.1) is 0 Å². The summed E-state index contributed by atoms with van der Waals surface area (Å²) < 4.78 is 4.59. The van der Waals surface area contributed by atoms with Gasteiger partial charge in [0.1, 0.15) is 0 Å². The van der Waals surface area contributed by atoms with E-state index in [0.717, 1.165) is 0 Å². The topological polar surface area (TPSA) is 75.6 Å². The van der Waals surface area contributed by atoms with Crippen LogP contribution in [-0.4, -0.2) is 30.7 Å². The van der Waals surface area contributed by atoms with E-state index in [0.29, 0.717) is 24.9 Å². The fraction of sp³-hybridized carbons (Fsp3) is 0.385. The van der Waals surface area contributed by atoms with Crippen molar-refractivity contribution in [2.24, 2.45) is 0 Å². The largest absolute Gasteiger partial charge is 0.465 e. The number of carbonyl (C=O) groups excluding carboxylic acids is 2. The molecule has 0 saturated heterocycles. The molecule has 1 aromatic carbocycles. The second-order valence-corrected chi connectivity index (χ2v) is 4.32. The number of unbranched alkanes of at least 4 members (excludes halogenated alkanes) is 1. The highest BCUT2D eigenvalue weighted by Crippen LogP contribution is 2.21. The summed E-state index contributed by atoms with van der Waals surface area (Å²) in [6.45, 7) is 0.0702. The molecule has 2 N–H and O–H groups in total. The number of aliphatic hydroxyl groups is 1. The molecule has 0 aliphatic heterocycles. The molecule has 6 heteroatoms. The van der Waals surface area contributed by atoms with Crippen molar-refractivity contribution in [2.75, 3.05) is 19.0 Å². The van der Waals surface area contributed by atoms with Crippen molar-refractivity contribution in [2.45, 2.75) is 19.3 Å². The molecule has 0 heterocycles. The lowest BCUT2D eigenvalue weighted by atomic mass is 10.2. The van der Waals surface area contributed by atoms with E-state index < -0.39 is 5.97 Å². The quantitative estimate of drug-likeness (QED) is 0.621. The van der Waals surface area contributed by atoms with Gasteiger partial charge in [0.15, 0.2) is 0 Å². The van der Waals surface area contributed by atoms with Gasteiger partial charge in [0.05, 0.1) is 17.7 Å². The first kappa shape index (κ1) is 15.5. The SMILES string of the molecule is COC(=O)c1cc(NC(=O)CCCCO)ccc1Cl. The van der Waals surface area contributed by atoms with Crippen LogP contribution in [0.15, 0.2) is 18.2 Å². The molecule has 5 nitrogen and oxygen atoms in total. The minimum absolute atomic E-state index is 0.0702. The van der Waals surface area contributed by atoms with Crippen LogP contribution in [-0.2, 0) is 9.53 Å². The molecule has 0 saturated carbocycles. The van der Waals surface area contributed by atoms with Crippen LogP contribution in [0.4, 0.5) is 5.69 Å². The number of anilines is 1. The van der Waals surface area contributed by atoms with Crippen LogP contribution in [0.1, 0.15) is 29.6 Å². The lowest BCUT2D eigenvalue weighted by molar-refractivity contribution is -0.116. The molecule has 1 amide bonds. The smallest absolute Gasteiger partial charge is 0.339 e. The molecule has 0 fully saturated rings. The van der Waals surface area contributed by atoms with Crippen molar-refractivity contribution in [3.05, 3.63) is 28.8 Å². The Bertz CT molecular complexity index is 462. The van der Waals surface area contributed by atoms with Gasteiger partial charge in [-0.25, -0.2) is 4.79 Å². The summed E-state index contributed by atoms with van der Waals surface area (Å²) >= 11 is 5.87. The van der Waals surface area contributed by atoms with E-state index in [1.165, 1.54) is 19.2 Å². The van der Waals surface area contributed by atoms with E-state index in [1.54, 1.807) is 6.07 Å². The number of esters is 1. The maximum Gasteiger partial charge on any atom is 0.339 e. The summed E-state index contributed by atoms with van der Waals surface area (Å²) in [5.74, 6) is -0.729. The van der Waals surface area contributed by atoms with Crippen molar-refractivity contribution in [3.63, 3.8) is 0 Å². The molecule has 0 aliphatic carbocycles. The summed E-state index contributed by atoms with van der Waals surface area (Å²) in [5.41, 5.74) is 0.691. The maximum absolute atomic E-state index is 11.6. The maximum atomic E-state index is 11.6. The summed E-state index contributed by atoms with van der Waals surface area (Å²) in [6, 6.07) is 4.61. The molecule has 19 heavy (non-hydrogen) atoms. The second-order valence-electron chi connectivity index (χ2n) is 3.92. The van der Waals surface area contributed by atoms with Gasteiger partial charge in [-0.05, 0) is 31.0 Å². The zero-order valence-electron chi connectivity index (χ0n) is 10.6. The monoisotopic (exact) mass is 285 g/mol. The van der Waals surface area contributed by atoms with E-state index in [9.17, 15) is 9.59 Å². The van der Waals surface area contributed by atoms with Crippen molar-refractivity contribution < 1.29 is 19.4 Å². The van der Waals surface area contributed by atoms with Gasteiger partial charge >= 0.3 is 5.97 Å². The number of nitrogens with one attached hydrogen (secondary N) is 1. The molecule has 1 rings (SSSR count). The Hall–Kier alpha value is -1.59. The Labute approximate surface area is 116 Å². The molecule has 0 unspecified atom stereocenters. The average molecular weight is 286 g/mol. The number of amides is 1. The first-order valence-electron chi connectivity index (χ1n) is 5.87. The highest BCUT2D eigenvalue weighted by molar-refractivity contribution is 6.33. The Morgan fingerprint density at radius 1 is 1.37 bits per heavy atom. The molecular weight excluding hydrogens is 270 g/mol. The molecule has 0 aromatic heterocycles. The normalized spacial score (nSPS) is 10.1. The van der Waals surface area contributed by atoms with E-state index >= 15 is 0 Å². The van der Waals surface area contributed by atoms with Crippen molar-refractivity contribution in [1.29, 1.82) is 0 Å². The number of carbonyl (C=O) groups is 2. The zero-order chi connectivity index (χ0) is 14.3. The van der Waals surface area contributed by atoms with Gasteiger partial charge in [0.25, 0.3) is 0 Å². The molecule has 0 spiro atoms. The first-order chi connectivity index (χ1) is 9.08. The highest BCUT2D eigenvalue weighted by atomic mass is 35.5. The van der Waals surface area contributed by atoms with E-state index in [1.807, 2.05) is 0 Å². The van der Waals surface area contributed by atoms with E-state index in [2.05, 4.69) is 10.1 Å². The lowest BCUT2D eigenvalue weighted by Gasteiger charge is -2.08. The fourth-order valence-corrected chi connectivity index (χ4v) is 1.68. The third kappa shape index (κ3) is 4.89. The molecule has 0 radical (unpaired) electrons. The summed E-state index contributed by atoms with van der Waals surface area (Å²) in [5, 5.41) is 11.6. The van der Waals surface area contributed by atoms with Crippen LogP contribution in [0.5, 0.6) is 0 Å². The standard InChI is InChI=1S/C13H16ClNO4/c1-19-13(18)10-8-9(5-6-11(10)14)15-12(17)4-2-3-7-16/h5-6,8,16H,2-4,7H2,1H3,(H,15,17). The molecule has 0 bridgehead atoms. The molecular formula is C13H16ClNO4. The van der Waals surface area contributed by atoms with Crippen LogP contribution < -0.4 is 5.32 Å². The number of ether oxygens (including phenoxy) is 1. The van der Waals surface area contributed by atoms with Crippen LogP contribution in [0, 0.1) is 0 Å². The van der Waals surface area contributed by atoms with E-state index in [4.69, 9.17) is 16.7 Å². The summed E-state index contributed by atoms with van der Waals surface area (Å²) in [4.78, 5) is 23.0. The average Bonchev–Trinajstić information content (AvgIpc) is 2.40. The number of methoxy groups -OCH3 is 1. The number of halogens is 1. The summed E-state index contributed by atoms with van der Waals surface area (Å²) in [6.07, 6.45) is 1.51. The number of benzene rings is 1. The molecule has 0 aliphatic rings. The lowest BCUT2D eigenvalue weighted by Crippen LogP contribution is -2.12. The number of hydrogen-bond donors (Lipinski definition) is 2. The third-order valence-corrected chi connectivity index (χ3v) is 2.80.